The Hall–Kier alpha value is -0.840. The first-order valence-electron chi connectivity index (χ1n) is 25.7. The number of rotatable bonds is 65. The minimum Gasteiger partial charge on any atom is -0.394 e. The van der Waals surface area contributed by atoms with E-state index < -0.39 is 0 Å². The average Bonchev–Trinajstić information content (AvgIpc) is 3.36. The van der Waals surface area contributed by atoms with Crippen LogP contribution in [0.1, 0.15) is 45.4 Å². The van der Waals surface area contributed by atoms with Crippen molar-refractivity contribution in [2.45, 2.75) is 45.4 Å². The Bertz CT molecular complexity index is 835. The molecule has 0 aromatic carbocycles. The SMILES string of the molecule is CCCCCCCCN(CCOCCOCCOCCOCCOCCOCCOCCOCCOCCO)CCOCCOCCOCCOCCOCCOCCOCCOCCOCCO. The highest BCUT2D eigenvalue weighted by molar-refractivity contribution is 4.59. The van der Waals surface area contributed by atoms with Gasteiger partial charge in [-0.25, -0.2) is 0 Å². The van der Waals surface area contributed by atoms with Crippen LogP contribution in [-0.2, 0) is 85.3 Å². The second-order valence-electron chi connectivity index (χ2n) is 15.1. The molecule has 0 bridgehead atoms. The molecular formula is C48H99NO20. The molecule has 0 fully saturated rings. The molecule has 0 saturated carbocycles. The van der Waals surface area contributed by atoms with Crippen LogP contribution in [0, 0.1) is 0 Å². The molecule has 0 aliphatic rings. The number of hydrogen-bond acceptors (Lipinski definition) is 21. The topological polar surface area (TPSA) is 210 Å². The zero-order valence-electron chi connectivity index (χ0n) is 42.9. The molecule has 0 radical (unpaired) electrons. The third kappa shape index (κ3) is 63.2. The van der Waals surface area contributed by atoms with E-state index in [1.165, 1.54) is 38.5 Å². The van der Waals surface area contributed by atoms with E-state index in [0.29, 0.717) is 238 Å². The monoisotopic (exact) mass is 1010 g/mol. The number of unbranched alkanes of at least 4 members (excludes halogenated alkanes) is 5. The molecule has 0 aromatic heterocycles. The molecule has 69 heavy (non-hydrogen) atoms. The first-order valence-corrected chi connectivity index (χ1v) is 25.7. The maximum absolute atomic E-state index is 8.63. The smallest absolute Gasteiger partial charge is 0.0701 e. The predicted octanol–water partition coefficient (Wildman–Crippen LogP) is 1.93. The van der Waals surface area contributed by atoms with E-state index >= 15 is 0 Å². The van der Waals surface area contributed by atoms with Crippen molar-refractivity contribution in [2.24, 2.45) is 0 Å². The largest absolute Gasteiger partial charge is 0.394 e. The van der Waals surface area contributed by atoms with Crippen LogP contribution in [0.3, 0.4) is 0 Å². The fraction of sp³-hybridized carbons (Fsp3) is 1.00. The molecule has 0 heterocycles. The van der Waals surface area contributed by atoms with E-state index in [-0.39, 0.29) is 13.2 Å². The Morgan fingerprint density at radius 2 is 0.377 bits per heavy atom. The van der Waals surface area contributed by atoms with Gasteiger partial charge in [0.05, 0.1) is 251 Å². The number of nitrogens with zero attached hydrogens (tertiary/aromatic N) is 1. The van der Waals surface area contributed by atoms with Gasteiger partial charge in [0.2, 0.25) is 0 Å². The molecule has 0 amide bonds. The average molecular weight is 1010 g/mol. The summed E-state index contributed by atoms with van der Waals surface area (Å²) >= 11 is 0. The van der Waals surface area contributed by atoms with Crippen molar-refractivity contribution >= 4 is 0 Å². The van der Waals surface area contributed by atoms with Gasteiger partial charge in [-0.3, -0.25) is 4.90 Å². The van der Waals surface area contributed by atoms with E-state index in [1.807, 2.05) is 0 Å². The molecule has 0 aliphatic carbocycles. The standard InChI is InChI=1S/C48H99NO20/c1-2-3-4-5-6-7-8-49(9-13-52-17-21-56-25-29-60-33-37-64-41-45-68-47-43-66-39-35-62-31-27-58-23-19-54-15-11-50)10-14-53-18-22-57-26-30-61-34-38-65-42-46-69-48-44-67-40-36-63-32-28-59-24-20-55-16-12-51/h50-51H,2-48H2,1H3. The van der Waals surface area contributed by atoms with Crippen LogP contribution in [0.5, 0.6) is 0 Å². The van der Waals surface area contributed by atoms with E-state index in [1.54, 1.807) is 0 Å². The van der Waals surface area contributed by atoms with Crippen molar-refractivity contribution in [2.75, 3.05) is 271 Å². The zero-order chi connectivity index (χ0) is 49.5. The van der Waals surface area contributed by atoms with Gasteiger partial charge in [-0.15, -0.1) is 0 Å². The molecule has 21 heteroatoms. The van der Waals surface area contributed by atoms with Crippen molar-refractivity contribution in [3.05, 3.63) is 0 Å². The Balaban J connectivity index is 3.57. The second-order valence-corrected chi connectivity index (χ2v) is 15.1. The first-order chi connectivity index (χ1) is 34.3. The minimum absolute atomic E-state index is 0.0209. The van der Waals surface area contributed by atoms with Gasteiger partial charge in [-0.1, -0.05) is 39.0 Å². The highest BCUT2D eigenvalue weighted by atomic mass is 16.6. The van der Waals surface area contributed by atoms with Crippen LogP contribution >= 0.6 is 0 Å². The predicted molar refractivity (Wildman–Crippen MR) is 259 cm³/mol. The summed E-state index contributed by atoms with van der Waals surface area (Å²) in [5, 5.41) is 17.3. The summed E-state index contributed by atoms with van der Waals surface area (Å²) in [6, 6.07) is 0. The molecule has 0 spiro atoms. The molecule has 0 saturated heterocycles. The summed E-state index contributed by atoms with van der Waals surface area (Å²) in [4.78, 5) is 2.43. The van der Waals surface area contributed by atoms with Gasteiger partial charge in [-0.05, 0) is 13.0 Å². The van der Waals surface area contributed by atoms with E-state index in [2.05, 4.69) is 11.8 Å². The number of hydrogen-bond donors (Lipinski definition) is 2. The maximum atomic E-state index is 8.63. The summed E-state index contributed by atoms with van der Waals surface area (Å²) in [6.07, 6.45) is 7.60. The molecule has 0 unspecified atom stereocenters. The molecule has 0 aromatic rings. The molecule has 0 atom stereocenters. The van der Waals surface area contributed by atoms with Crippen LogP contribution in [0.25, 0.3) is 0 Å². The normalized spacial score (nSPS) is 11.8. The van der Waals surface area contributed by atoms with Gasteiger partial charge in [0.15, 0.2) is 0 Å². The second kappa shape index (κ2) is 65.2. The lowest BCUT2D eigenvalue weighted by Crippen LogP contribution is -2.32. The molecule has 416 valence electrons. The third-order valence-corrected chi connectivity index (χ3v) is 9.35. The highest BCUT2D eigenvalue weighted by Crippen LogP contribution is 2.06. The summed E-state index contributed by atoms with van der Waals surface area (Å²) in [7, 11) is 0. The Morgan fingerprint density at radius 1 is 0.203 bits per heavy atom. The van der Waals surface area contributed by atoms with Crippen LogP contribution in [0.4, 0.5) is 0 Å². The van der Waals surface area contributed by atoms with Gasteiger partial charge < -0.3 is 95.5 Å². The molecule has 2 N–H and O–H groups in total. The minimum atomic E-state index is 0.0209. The molecule has 0 rings (SSSR count). The van der Waals surface area contributed by atoms with E-state index in [4.69, 9.17) is 95.5 Å². The van der Waals surface area contributed by atoms with Crippen LogP contribution < -0.4 is 0 Å². The number of ether oxygens (including phenoxy) is 18. The molecular weight excluding hydrogens is 911 g/mol. The van der Waals surface area contributed by atoms with Crippen LogP contribution in [0.15, 0.2) is 0 Å². The van der Waals surface area contributed by atoms with Gasteiger partial charge in [-0.2, -0.15) is 0 Å². The third-order valence-electron chi connectivity index (χ3n) is 9.35. The Kier molecular flexibility index (Phi) is 64.4. The fourth-order valence-corrected chi connectivity index (χ4v) is 5.69. The van der Waals surface area contributed by atoms with Crippen molar-refractivity contribution < 1.29 is 95.5 Å². The first kappa shape index (κ1) is 68.2. The van der Waals surface area contributed by atoms with Crippen LogP contribution in [0.2, 0.25) is 0 Å². The van der Waals surface area contributed by atoms with Crippen LogP contribution in [-0.4, -0.2) is 286 Å². The van der Waals surface area contributed by atoms with Gasteiger partial charge in [0.25, 0.3) is 0 Å². The summed E-state index contributed by atoms with van der Waals surface area (Å²) in [5.41, 5.74) is 0. The van der Waals surface area contributed by atoms with Crippen molar-refractivity contribution in [3.63, 3.8) is 0 Å². The van der Waals surface area contributed by atoms with Gasteiger partial charge >= 0.3 is 0 Å². The van der Waals surface area contributed by atoms with Crippen molar-refractivity contribution in [1.29, 1.82) is 0 Å². The molecule has 21 nitrogen and oxygen atoms in total. The summed E-state index contributed by atoms with van der Waals surface area (Å²) < 4.78 is 99.1. The van der Waals surface area contributed by atoms with Crippen molar-refractivity contribution in [1.82, 2.24) is 4.90 Å². The molecule has 0 aliphatic heterocycles. The van der Waals surface area contributed by atoms with Gasteiger partial charge in [0, 0.05) is 13.1 Å². The van der Waals surface area contributed by atoms with Crippen molar-refractivity contribution in [3.8, 4) is 0 Å². The Morgan fingerprint density at radius 3 is 0.580 bits per heavy atom. The maximum Gasteiger partial charge on any atom is 0.0701 e. The zero-order valence-corrected chi connectivity index (χ0v) is 42.9. The van der Waals surface area contributed by atoms with Gasteiger partial charge in [0.1, 0.15) is 0 Å². The lowest BCUT2D eigenvalue weighted by Gasteiger charge is -2.22. The quantitative estimate of drug-likeness (QED) is 0.0835. The van der Waals surface area contributed by atoms with E-state index in [9.17, 15) is 0 Å². The lowest BCUT2D eigenvalue weighted by molar-refractivity contribution is -0.0265. The summed E-state index contributed by atoms with van der Waals surface area (Å²) in [5.74, 6) is 0. The lowest BCUT2D eigenvalue weighted by atomic mass is 10.1. The number of aliphatic hydroxyl groups excluding tert-OH is 2. The fourth-order valence-electron chi connectivity index (χ4n) is 5.69. The Labute approximate surface area is 415 Å². The highest BCUT2D eigenvalue weighted by Gasteiger charge is 2.06. The van der Waals surface area contributed by atoms with E-state index in [0.717, 1.165) is 19.6 Å². The number of aliphatic hydroxyl groups is 2. The summed E-state index contributed by atoms with van der Waals surface area (Å²) in [6.45, 7) is 23.1.